The van der Waals surface area contributed by atoms with Crippen molar-refractivity contribution >= 4 is 23.0 Å². The SMILES string of the molecule is CC(=C1CCC1)N(c1cc(C#CC(C)(C)C)sc1C(=O)O)C1CCCCC1.CC1CCCCC1.CO. The van der Waals surface area contributed by atoms with E-state index in [1.807, 2.05) is 6.07 Å². The van der Waals surface area contributed by atoms with Gasteiger partial charge < -0.3 is 15.1 Å². The Labute approximate surface area is 224 Å². The number of aliphatic hydroxyl groups is 1. The molecule has 5 heteroatoms. The third-order valence-electron chi connectivity index (χ3n) is 7.39. The van der Waals surface area contributed by atoms with Gasteiger partial charge >= 0.3 is 5.97 Å². The van der Waals surface area contributed by atoms with Crippen LogP contribution in [0.3, 0.4) is 0 Å². The highest BCUT2D eigenvalue weighted by Crippen LogP contribution is 2.40. The number of nitrogens with zero attached hydrogens (tertiary/aromatic N) is 1. The molecule has 0 bridgehead atoms. The van der Waals surface area contributed by atoms with E-state index in [1.165, 1.54) is 80.4 Å². The number of hydrogen-bond acceptors (Lipinski definition) is 4. The molecule has 1 aromatic rings. The zero-order valence-corrected chi connectivity index (χ0v) is 24.4. The molecule has 0 unspecified atom stereocenters. The second-order valence-corrected chi connectivity index (χ2v) is 12.6. The van der Waals surface area contributed by atoms with Crippen LogP contribution in [0.4, 0.5) is 5.69 Å². The molecule has 1 heterocycles. The molecule has 0 spiro atoms. The Morgan fingerprint density at radius 3 is 1.94 bits per heavy atom. The summed E-state index contributed by atoms with van der Waals surface area (Å²) in [6.07, 6.45) is 17.0. The van der Waals surface area contributed by atoms with Gasteiger partial charge in [-0.25, -0.2) is 4.79 Å². The summed E-state index contributed by atoms with van der Waals surface area (Å²) in [6.45, 7) is 10.8. The highest BCUT2D eigenvalue weighted by atomic mass is 32.1. The largest absolute Gasteiger partial charge is 0.477 e. The van der Waals surface area contributed by atoms with E-state index < -0.39 is 5.97 Å². The molecule has 202 valence electrons. The Kier molecular flexibility index (Phi) is 12.6. The number of anilines is 1. The van der Waals surface area contributed by atoms with Crippen LogP contribution in [-0.2, 0) is 0 Å². The van der Waals surface area contributed by atoms with E-state index in [9.17, 15) is 9.90 Å². The monoisotopic (exact) mass is 515 g/mol. The lowest BCUT2D eigenvalue weighted by atomic mass is 9.88. The van der Waals surface area contributed by atoms with E-state index in [0.29, 0.717) is 10.9 Å². The Hall–Kier alpha value is -1.77. The van der Waals surface area contributed by atoms with Crippen molar-refractivity contribution in [3.63, 3.8) is 0 Å². The van der Waals surface area contributed by atoms with Gasteiger partial charge in [0, 0.05) is 24.3 Å². The predicted octanol–water partition coefficient (Wildman–Crippen LogP) is 8.64. The van der Waals surface area contributed by atoms with Crippen molar-refractivity contribution in [2.45, 2.75) is 124 Å². The molecule has 0 aliphatic heterocycles. The van der Waals surface area contributed by atoms with Crippen LogP contribution in [0.15, 0.2) is 17.3 Å². The molecule has 2 N–H and O–H groups in total. The standard InChI is InChI=1S/C23H31NO2S.C7H14.CH4O/c1-16(17-9-8-10-17)24(18-11-6-5-7-12-18)20-15-19(13-14-23(2,3)4)27-21(20)22(25)26;1-7-5-3-2-4-6-7;1-2/h15,18H,5-12H2,1-4H3,(H,25,26);7H,2-6H2,1H3;2H,1H3. The minimum atomic E-state index is -0.842. The second kappa shape index (κ2) is 14.8. The minimum absolute atomic E-state index is 0.0968. The molecule has 0 radical (unpaired) electrons. The van der Waals surface area contributed by atoms with Gasteiger partial charge in [0.15, 0.2) is 0 Å². The number of carbonyl (C=O) groups is 1. The number of carboxylic acid groups (broad SMARTS) is 1. The topological polar surface area (TPSA) is 60.8 Å². The molecule has 3 aliphatic carbocycles. The van der Waals surface area contributed by atoms with E-state index in [4.69, 9.17) is 5.11 Å². The number of aromatic carboxylic acids is 1. The normalized spacial score (nSPS) is 18.4. The summed E-state index contributed by atoms with van der Waals surface area (Å²) in [7, 11) is 1.00. The number of aliphatic hydroxyl groups excluding tert-OH is 1. The summed E-state index contributed by atoms with van der Waals surface area (Å²) in [5.74, 6) is 6.66. The molecule has 3 aliphatic rings. The molecule has 3 fully saturated rings. The Balaban J connectivity index is 0.000000431. The summed E-state index contributed by atoms with van der Waals surface area (Å²) >= 11 is 1.32. The maximum absolute atomic E-state index is 12.0. The summed E-state index contributed by atoms with van der Waals surface area (Å²) in [4.78, 5) is 15.7. The van der Waals surface area contributed by atoms with Gasteiger partial charge in [-0.05, 0) is 71.8 Å². The average Bonchev–Trinajstić information content (AvgIpc) is 3.24. The highest BCUT2D eigenvalue weighted by molar-refractivity contribution is 7.15. The predicted molar refractivity (Wildman–Crippen MR) is 154 cm³/mol. The van der Waals surface area contributed by atoms with Crippen LogP contribution in [0.1, 0.15) is 133 Å². The molecule has 3 saturated carbocycles. The first-order chi connectivity index (χ1) is 17.2. The molecule has 0 atom stereocenters. The molecule has 4 rings (SSSR count). The Morgan fingerprint density at radius 2 is 1.53 bits per heavy atom. The van der Waals surface area contributed by atoms with Crippen LogP contribution in [0.25, 0.3) is 0 Å². The lowest BCUT2D eigenvalue weighted by Gasteiger charge is -2.39. The van der Waals surface area contributed by atoms with Crippen molar-refractivity contribution in [1.29, 1.82) is 0 Å². The summed E-state index contributed by atoms with van der Waals surface area (Å²) in [6, 6.07) is 2.42. The minimum Gasteiger partial charge on any atom is -0.477 e. The van der Waals surface area contributed by atoms with Crippen molar-refractivity contribution in [3.05, 3.63) is 27.1 Å². The third-order valence-corrected chi connectivity index (χ3v) is 8.42. The van der Waals surface area contributed by atoms with Crippen molar-refractivity contribution in [2.24, 2.45) is 11.3 Å². The number of carboxylic acids is 1. The van der Waals surface area contributed by atoms with Crippen LogP contribution >= 0.6 is 11.3 Å². The molecule has 0 amide bonds. The summed E-state index contributed by atoms with van der Waals surface area (Å²) in [5, 5.41) is 16.9. The van der Waals surface area contributed by atoms with Gasteiger partial charge in [-0.1, -0.05) is 75.7 Å². The van der Waals surface area contributed by atoms with Crippen molar-refractivity contribution in [3.8, 4) is 11.8 Å². The smallest absolute Gasteiger partial charge is 0.348 e. The Morgan fingerprint density at radius 1 is 0.972 bits per heavy atom. The second-order valence-electron chi connectivity index (χ2n) is 11.6. The van der Waals surface area contributed by atoms with Crippen LogP contribution in [0.2, 0.25) is 0 Å². The molecule has 36 heavy (non-hydrogen) atoms. The highest BCUT2D eigenvalue weighted by Gasteiger charge is 2.30. The fraction of sp³-hybridized carbons (Fsp3) is 0.710. The van der Waals surface area contributed by atoms with E-state index in [-0.39, 0.29) is 5.41 Å². The maximum atomic E-state index is 12.0. The van der Waals surface area contributed by atoms with Gasteiger partial charge in [-0.2, -0.15) is 0 Å². The van der Waals surface area contributed by atoms with Gasteiger partial charge in [0.2, 0.25) is 0 Å². The first kappa shape index (κ1) is 30.5. The molecule has 0 aromatic carbocycles. The van der Waals surface area contributed by atoms with E-state index >= 15 is 0 Å². The van der Waals surface area contributed by atoms with Crippen molar-refractivity contribution in [2.75, 3.05) is 12.0 Å². The average molecular weight is 516 g/mol. The van der Waals surface area contributed by atoms with Crippen molar-refractivity contribution in [1.82, 2.24) is 0 Å². The zero-order chi connectivity index (χ0) is 26.7. The molecule has 4 nitrogen and oxygen atoms in total. The molecule has 0 saturated heterocycles. The Bertz CT molecular complexity index is 910. The number of thiophene rings is 1. The zero-order valence-electron chi connectivity index (χ0n) is 23.6. The lowest BCUT2D eigenvalue weighted by Crippen LogP contribution is -2.37. The van der Waals surface area contributed by atoms with Crippen LogP contribution in [0.5, 0.6) is 0 Å². The van der Waals surface area contributed by atoms with Crippen molar-refractivity contribution < 1.29 is 15.0 Å². The molecular formula is C31H49NO3S. The fourth-order valence-corrected chi connectivity index (χ4v) is 6.05. The van der Waals surface area contributed by atoms with Gasteiger partial charge in [0.25, 0.3) is 0 Å². The molecular weight excluding hydrogens is 466 g/mol. The van der Waals surface area contributed by atoms with Crippen LogP contribution < -0.4 is 4.90 Å². The molecule has 1 aromatic heterocycles. The fourth-order valence-electron chi connectivity index (χ4n) is 5.21. The van der Waals surface area contributed by atoms with E-state index in [2.05, 4.69) is 51.4 Å². The first-order valence-corrected chi connectivity index (χ1v) is 14.8. The van der Waals surface area contributed by atoms with Gasteiger partial charge in [0.1, 0.15) is 4.88 Å². The van der Waals surface area contributed by atoms with Crippen LogP contribution in [0, 0.1) is 23.2 Å². The quantitative estimate of drug-likeness (QED) is 0.394. The first-order valence-electron chi connectivity index (χ1n) is 14.0. The lowest BCUT2D eigenvalue weighted by molar-refractivity contribution is 0.0702. The third kappa shape index (κ3) is 9.27. The van der Waals surface area contributed by atoms with E-state index in [0.717, 1.165) is 49.3 Å². The summed E-state index contributed by atoms with van der Waals surface area (Å²) in [5.41, 5.74) is 3.53. The number of allylic oxidation sites excluding steroid dienone is 2. The number of hydrogen-bond donors (Lipinski definition) is 2. The van der Waals surface area contributed by atoms with Gasteiger partial charge in [-0.15, -0.1) is 11.3 Å². The van der Waals surface area contributed by atoms with Crippen LogP contribution in [-0.4, -0.2) is 29.3 Å². The maximum Gasteiger partial charge on any atom is 0.348 e. The van der Waals surface area contributed by atoms with Gasteiger partial charge in [0.05, 0.1) is 10.6 Å². The van der Waals surface area contributed by atoms with Gasteiger partial charge in [-0.3, -0.25) is 0 Å². The summed E-state index contributed by atoms with van der Waals surface area (Å²) < 4.78 is 0. The van der Waals surface area contributed by atoms with E-state index in [1.54, 1.807) is 0 Å². The number of rotatable bonds is 4.